The van der Waals surface area contributed by atoms with E-state index in [0.717, 1.165) is 76.3 Å². The third-order valence-corrected chi connectivity index (χ3v) is 18.8. The highest BCUT2D eigenvalue weighted by atomic mass is 28.4. The van der Waals surface area contributed by atoms with E-state index < -0.39 is 34.2 Å². The van der Waals surface area contributed by atoms with Crippen LogP contribution in [0.5, 0.6) is 0 Å². The molecule has 0 spiro atoms. The molecule has 0 radical (unpaired) electrons. The van der Waals surface area contributed by atoms with Gasteiger partial charge in [0.1, 0.15) is 0 Å². The summed E-state index contributed by atoms with van der Waals surface area (Å²) in [5.74, 6) is 0. The summed E-state index contributed by atoms with van der Waals surface area (Å²) in [6, 6.07) is 3.81. The van der Waals surface area contributed by atoms with Gasteiger partial charge in [-0.2, -0.15) is 0 Å². The van der Waals surface area contributed by atoms with Crippen LogP contribution in [0.25, 0.3) is 0 Å². The van der Waals surface area contributed by atoms with Crippen molar-refractivity contribution in [3.63, 3.8) is 0 Å². The highest BCUT2D eigenvalue weighted by molar-refractivity contribution is 6.72. The molecule has 0 fully saturated rings. The fourth-order valence-corrected chi connectivity index (χ4v) is 17.9. The Bertz CT molecular complexity index is 498. The summed E-state index contributed by atoms with van der Waals surface area (Å²) in [7, 11) is -8.29. The molecule has 0 aliphatic rings. The predicted octanol–water partition coefficient (Wildman–Crippen LogP) is 8.11. The van der Waals surface area contributed by atoms with Crippen molar-refractivity contribution < 1.29 is 35.4 Å². The van der Waals surface area contributed by atoms with Crippen LogP contribution in [-0.2, 0) is 35.4 Å². The Hall–Kier alpha value is 0.548. The van der Waals surface area contributed by atoms with Gasteiger partial charge in [-0.15, -0.1) is 0 Å². The molecule has 0 aromatic heterocycles. The van der Waals surface area contributed by atoms with Gasteiger partial charge in [0.15, 0.2) is 0 Å². The van der Waals surface area contributed by atoms with Crippen LogP contribution in [0.4, 0.5) is 0 Å². The van der Waals surface area contributed by atoms with Crippen molar-refractivity contribution in [2.24, 2.45) is 0 Å². The van der Waals surface area contributed by atoms with E-state index in [2.05, 4.69) is 53.9 Å². The number of hydrogen-bond donors (Lipinski definition) is 0. The van der Waals surface area contributed by atoms with Crippen molar-refractivity contribution in [3.05, 3.63) is 0 Å². The molecule has 0 rings (SSSR count). The molecular formula is C28H68O8Si4. The van der Waals surface area contributed by atoms with Gasteiger partial charge in [-0.1, -0.05) is 27.7 Å². The zero-order valence-corrected chi connectivity index (χ0v) is 32.6. The zero-order valence-electron chi connectivity index (χ0n) is 28.6. The average molecular weight is 645 g/mol. The van der Waals surface area contributed by atoms with Crippen molar-refractivity contribution in [2.75, 3.05) is 52.9 Å². The minimum Gasteiger partial charge on any atom is -0.395 e. The maximum Gasteiger partial charge on any atom is 0.334 e. The van der Waals surface area contributed by atoms with Gasteiger partial charge in [0.05, 0.1) is 0 Å². The Morgan fingerprint density at radius 2 is 0.475 bits per heavy atom. The van der Waals surface area contributed by atoms with Crippen LogP contribution in [0.15, 0.2) is 0 Å². The maximum atomic E-state index is 6.11. The van der Waals surface area contributed by atoms with Gasteiger partial charge < -0.3 is 35.4 Å². The summed E-state index contributed by atoms with van der Waals surface area (Å²) >= 11 is 0. The molecule has 0 bridgehead atoms. The van der Waals surface area contributed by atoms with Crippen molar-refractivity contribution in [1.29, 1.82) is 0 Å². The first-order chi connectivity index (χ1) is 18.9. The smallest absolute Gasteiger partial charge is 0.334 e. The first-order valence-corrected chi connectivity index (χ1v) is 26.1. The molecule has 0 aromatic carbocycles. The first kappa shape index (κ1) is 42.7. The number of hydrogen-bond acceptors (Lipinski definition) is 8. The molecule has 0 saturated heterocycles. The Morgan fingerprint density at radius 3 is 0.625 bits per heavy atom. The lowest BCUT2D eigenvalue weighted by Gasteiger charge is -2.32. The molecule has 0 heterocycles. The molecule has 0 unspecified atom stereocenters. The summed E-state index contributed by atoms with van der Waals surface area (Å²) in [5.41, 5.74) is 0. The second-order valence-electron chi connectivity index (χ2n) is 10.7. The maximum absolute atomic E-state index is 6.11. The van der Waals surface area contributed by atoms with Crippen LogP contribution in [0, 0.1) is 0 Å². The van der Waals surface area contributed by atoms with Crippen LogP contribution >= 0.6 is 0 Å². The third-order valence-electron chi connectivity index (χ3n) is 6.31. The quantitative estimate of drug-likeness (QED) is 0.0875. The van der Waals surface area contributed by atoms with Crippen LogP contribution in [0.3, 0.4) is 0 Å². The first-order valence-electron chi connectivity index (χ1n) is 16.0. The van der Waals surface area contributed by atoms with Gasteiger partial charge in [-0.3, -0.25) is 0 Å². The van der Waals surface area contributed by atoms with Crippen LogP contribution in [-0.4, -0.2) is 87.1 Å². The number of rotatable bonds is 26. The second kappa shape index (κ2) is 24.9. The Kier molecular flexibility index (Phi) is 26.6. The highest BCUT2D eigenvalue weighted by Gasteiger charge is 2.40. The summed E-state index contributed by atoms with van der Waals surface area (Å²) in [4.78, 5) is 0. The van der Waals surface area contributed by atoms with Crippen LogP contribution < -0.4 is 0 Å². The molecule has 0 aliphatic carbocycles. The Labute approximate surface area is 253 Å². The van der Waals surface area contributed by atoms with Gasteiger partial charge in [-0.05, 0) is 104 Å². The normalized spacial score (nSPS) is 12.9. The van der Waals surface area contributed by atoms with E-state index in [1.165, 1.54) is 0 Å². The molecule has 244 valence electrons. The van der Waals surface area contributed by atoms with Crippen LogP contribution in [0.1, 0.15) is 81.1 Å². The fraction of sp³-hybridized carbons (Fsp3) is 1.00. The minimum absolute atomic E-state index is 0.713. The predicted molar refractivity (Wildman–Crippen MR) is 177 cm³/mol. The largest absolute Gasteiger partial charge is 0.395 e. The molecule has 0 atom stereocenters. The zero-order chi connectivity index (χ0) is 31.0. The molecule has 0 saturated carbocycles. The van der Waals surface area contributed by atoms with Crippen molar-refractivity contribution in [3.8, 4) is 0 Å². The van der Waals surface area contributed by atoms with E-state index >= 15 is 0 Å². The van der Waals surface area contributed by atoms with Crippen molar-refractivity contribution >= 4 is 34.2 Å². The summed E-state index contributed by atoms with van der Waals surface area (Å²) in [6.45, 7) is 31.3. The highest BCUT2D eigenvalue weighted by Crippen LogP contribution is 2.26. The molecule has 12 heteroatoms. The molecule has 0 N–H and O–H groups in total. The van der Waals surface area contributed by atoms with Crippen LogP contribution in [0.2, 0.25) is 50.4 Å². The van der Waals surface area contributed by atoms with E-state index in [-0.39, 0.29) is 0 Å². The lowest BCUT2D eigenvalue weighted by Crippen LogP contribution is -2.45. The molecule has 8 nitrogen and oxygen atoms in total. The van der Waals surface area contributed by atoms with Gasteiger partial charge in [0.2, 0.25) is 0 Å². The standard InChI is InChI=1S/C16H38O4Si2.C12H30O4Si2/c1-7-11-17-21(5,18-12-8-2)15-16-22(6,19-13-9-3)20-14-10-4;1-7-13-17(5,14-8-2)11-12-18(6,15-9-3)16-10-4/h7-16H2,1-6H3;7-12H2,1-6H3. The lowest BCUT2D eigenvalue weighted by molar-refractivity contribution is 0.162. The second-order valence-corrected chi connectivity index (χ2v) is 24.0. The van der Waals surface area contributed by atoms with Crippen molar-refractivity contribution in [1.82, 2.24) is 0 Å². The molecular weight excluding hydrogens is 577 g/mol. The molecule has 0 amide bonds. The summed E-state index contributed by atoms with van der Waals surface area (Å²) < 4.78 is 47.8. The van der Waals surface area contributed by atoms with Gasteiger partial charge in [-0.25, -0.2) is 0 Å². The Morgan fingerprint density at radius 1 is 0.300 bits per heavy atom. The molecule has 0 aromatic rings. The SMILES string of the molecule is CCCO[Si](C)(CC[Si](C)(OCCC)OCCC)OCCC.CCO[Si](C)(CC[Si](C)(OCC)OCC)OCC. The third kappa shape index (κ3) is 21.3. The van der Waals surface area contributed by atoms with Gasteiger partial charge in [0.25, 0.3) is 0 Å². The van der Waals surface area contributed by atoms with Crippen molar-refractivity contribution in [2.45, 2.75) is 131 Å². The monoisotopic (exact) mass is 644 g/mol. The van der Waals surface area contributed by atoms with Gasteiger partial charge >= 0.3 is 34.2 Å². The van der Waals surface area contributed by atoms with Gasteiger partial charge in [0, 0.05) is 52.9 Å². The average Bonchev–Trinajstić information content (AvgIpc) is 2.92. The van der Waals surface area contributed by atoms with E-state index in [4.69, 9.17) is 35.4 Å². The topological polar surface area (TPSA) is 73.8 Å². The van der Waals surface area contributed by atoms with E-state index in [9.17, 15) is 0 Å². The van der Waals surface area contributed by atoms with E-state index in [1.54, 1.807) is 0 Å². The minimum atomic E-state index is -2.10. The molecule has 0 aliphatic heterocycles. The molecule has 40 heavy (non-hydrogen) atoms. The summed E-state index contributed by atoms with van der Waals surface area (Å²) in [6.07, 6.45) is 4.13. The van der Waals surface area contributed by atoms with E-state index in [0.29, 0.717) is 26.4 Å². The fourth-order valence-electron chi connectivity index (χ4n) is 4.15. The summed E-state index contributed by atoms with van der Waals surface area (Å²) in [5, 5.41) is 0. The lowest BCUT2D eigenvalue weighted by atomic mass is 10.5. The Balaban J connectivity index is 0. The van der Waals surface area contributed by atoms with E-state index in [1.807, 2.05) is 27.7 Å².